The monoisotopic (exact) mass is 202 g/mol. The summed E-state index contributed by atoms with van der Waals surface area (Å²) in [6, 6.07) is 8.42. The van der Waals surface area contributed by atoms with Crippen LogP contribution in [0.25, 0.3) is 10.9 Å². The maximum absolute atomic E-state index is 3.46. The van der Waals surface area contributed by atoms with Gasteiger partial charge in [-0.25, -0.2) is 0 Å². The summed E-state index contributed by atoms with van der Waals surface area (Å²) in [5, 5.41) is 4.79. The second-order valence-electron chi connectivity index (χ2n) is 4.38. The van der Waals surface area contributed by atoms with Gasteiger partial charge in [-0.2, -0.15) is 0 Å². The Bertz CT molecular complexity index is 429. The normalized spacial score (nSPS) is 11.4. The van der Waals surface area contributed by atoms with E-state index in [-0.39, 0.29) is 0 Å². The molecular weight excluding hydrogens is 184 g/mol. The highest BCUT2D eigenvalue weighted by molar-refractivity contribution is 5.82. The first-order valence-corrected chi connectivity index (χ1v) is 5.53. The third kappa shape index (κ3) is 2.39. The van der Waals surface area contributed by atoms with E-state index in [4.69, 9.17) is 0 Å². The van der Waals surface area contributed by atoms with Crippen molar-refractivity contribution >= 4 is 10.9 Å². The van der Waals surface area contributed by atoms with Crippen molar-refractivity contribution in [1.29, 1.82) is 0 Å². The predicted octanol–water partition coefficient (Wildman–Crippen LogP) is 2.91. The van der Waals surface area contributed by atoms with Crippen molar-refractivity contribution in [1.82, 2.24) is 10.3 Å². The highest BCUT2D eigenvalue weighted by Gasteiger charge is 2.02. The van der Waals surface area contributed by atoms with Gasteiger partial charge in [-0.3, -0.25) is 0 Å². The summed E-state index contributed by atoms with van der Waals surface area (Å²) < 4.78 is 0. The summed E-state index contributed by atoms with van der Waals surface area (Å²) >= 11 is 0. The van der Waals surface area contributed by atoms with E-state index in [1.807, 2.05) is 0 Å². The molecule has 2 heteroatoms. The number of para-hydroxylation sites is 1. The second kappa shape index (κ2) is 4.49. The van der Waals surface area contributed by atoms with Gasteiger partial charge in [0.1, 0.15) is 0 Å². The number of aromatic amines is 1. The van der Waals surface area contributed by atoms with E-state index in [1.54, 1.807) is 0 Å². The fraction of sp³-hybridized carbons (Fsp3) is 0.385. The van der Waals surface area contributed by atoms with Crippen LogP contribution in [0.5, 0.6) is 0 Å². The zero-order valence-electron chi connectivity index (χ0n) is 9.38. The van der Waals surface area contributed by atoms with Crippen LogP contribution in [-0.2, 0) is 6.54 Å². The summed E-state index contributed by atoms with van der Waals surface area (Å²) in [7, 11) is 0. The van der Waals surface area contributed by atoms with Crippen LogP contribution in [0.3, 0.4) is 0 Å². The van der Waals surface area contributed by atoms with E-state index in [1.165, 1.54) is 16.5 Å². The Labute approximate surface area is 90.7 Å². The van der Waals surface area contributed by atoms with Gasteiger partial charge in [-0.05, 0) is 24.1 Å². The third-order valence-electron chi connectivity index (χ3n) is 2.54. The minimum absolute atomic E-state index is 0.704. The van der Waals surface area contributed by atoms with Gasteiger partial charge in [-0.15, -0.1) is 0 Å². The minimum atomic E-state index is 0.704. The van der Waals surface area contributed by atoms with Crippen LogP contribution in [0.15, 0.2) is 30.5 Å². The van der Waals surface area contributed by atoms with E-state index in [2.05, 4.69) is 54.6 Å². The number of hydrogen-bond donors (Lipinski definition) is 2. The molecule has 0 spiro atoms. The highest BCUT2D eigenvalue weighted by Crippen LogP contribution is 2.17. The molecule has 15 heavy (non-hydrogen) atoms. The predicted molar refractivity (Wildman–Crippen MR) is 64.8 cm³/mol. The average molecular weight is 202 g/mol. The van der Waals surface area contributed by atoms with Gasteiger partial charge in [0, 0.05) is 23.6 Å². The first-order valence-electron chi connectivity index (χ1n) is 5.53. The van der Waals surface area contributed by atoms with Gasteiger partial charge in [0.25, 0.3) is 0 Å². The third-order valence-corrected chi connectivity index (χ3v) is 2.54. The van der Waals surface area contributed by atoms with Gasteiger partial charge in [0.2, 0.25) is 0 Å². The highest BCUT2D eigenvalue weighted by atomic mass is 14.9. The summed E-state index contributed by atoms with van der Waals surface area (Å²) in [5.74, 6) is 0.704. The smallest absolute Gasteiger partial charge is 0.0457 e. The Morgan fingerprint density at radius 1 is 1.27 bits per heavy atom. The molecule has 1 heterocycles. The molecule has 0 amide bonds. The summed E-state index contributed by atoms with van der Waals surface area (Å²) in [6.07, 6.45) is 2.10. The lowest BCUT2D eigenvalue weighted by Gasteiger charge is -2.06. The molecule has 0 saturated carbocycles. The molecule has 1 aromatic heterocycles. The molecular formula is C13H18N2. The van der Waals surface area contributed by atoms with Crippen LogP contribution >= 0.6 is 0 Å². The number of H-pyrrole nitrogens is 1. The lowest BCUT2D eigenvalue weighted by molar-refractivity contribution is 0.553. The molecule has 0 aliphatic carbocycles. The first kappa shape index (κ1) is 10.2. The number of fused-ring (bicyclic) bond motifs is 1. The van der Waals surface area contributed by atoms with E-state index < -0.39 is 0 Å². The molecule has 0 atom stereocenters. The van der Waals surface area contributed by atoms with Gasteiger partial charge in [-0.1, -0.05) is 32.0 Å². The molecule has 0 radical (unpaired) electrons. The zero-order chi connectivity index (χ0) is 10.7. The zero-order valence-corrected chi connectivity index (χ0v) is 9.38. The number of hydrogen-bond acceptors (Lipinski definition) is 1. The number of aromatic nitrogens is 1. The average Bonchev–Trinajstić information content (AvgIpc) is 2.62. The van der Waals surface area contributed by atoms with E-state index in [0.29, 0.717) is 5.92 Å². The standard InChI is InChI=1S/C13H18N2/c1-10(2)7-14-8-11-9-15-13-6-4-3-5-12(11)13/h3-6,9-10,14-15H,7-8H2,1-2H3. The van der Waals surface area contributed by atoms with Crippen molar-refractivity contribution in [2.75, 3.05) is 6.54 Å². The van der Waals surface area contributed by atoms with Gasteiger partial charge in [0.15, 0.2) is 0 Å². The molecule has 2 rings (SSSR count). The Balaban J connectivity index is 2.08. The van der Waals surface area contributed by atoms with Gasteiger partial charge < -0.3 is 10.3 Å². The molecule has 2 nitrogen and oxygen atoms in total. The molecule has 80 valence electrons. The molecule has 0 fully saturated rings. The van der Waals surface area contributed by atoms with Crippen LogP contribution in [0.2, 0.25) is 0 Å². The fourth-order valence-corrected chi connectivity index (χ4v) is 1.77. The van der Waals surface area contributed by atoms with Crippen LogP contribution in [0.4, 0.5) is 0 Å². The minimum Gasteiger partial charge on any atom is -0.361 e. The van der Waals surface area contributed by atoms with Crippen molar-refractivity contribution < 1.29 is 0 Å². The van der Waals surface area contributed by atoms with Crippen molar-refractivity contribution in [3.05, 3.63) is 36.0 Å². The van der Waals surface area contributed by atoms with Gasteiger partial charge in [0.05, 0.1) is 0 Å². The number of nitrogens with one attached hydrogen (secondary N) is 2. The van der Waals surface area contributed by atoms with Crippen molar-refractivity contribution in [3.8, 4) is 0 Å². The Hall–Kier alpha value is -1.28. The van der Waals surface area contributed by atoms with Crippen LogP contribution < -0.4 is 5.32 Å². The number of rotatable bonds is 4. The van der Waals surface area contributed by atoms with Crippen LogP contribution in [0.1, 0.15) is 19.4 Å². The molecule has 0 aliphatic rings. The molecule has 0 aliphatic heterocycles. The van der Waals surface area contributed by atoms with Crippen LogP contribution in [-0.4, -0.2) is 11.5 Å². The summed E-state index contributed by atoms with van der Waals surface area (Å²) in [6.45, 7) is 6.46. The maximum Gasteiger partial charge on any atom is 0.0457 e. The Kier molecular flexibility index (Phi) is 3.07. The lowest BCUT2D eigenvalue weighted by atomic mass is 10.1. The molecule has 0 unspecified atom stereocenters. The van der Waals surface area contributed by atoms with Gasteiger partial charge >= 0.3 is 0 Å². The molecule has 2 N–H and O–H groups in total. The number of benzene rings is 1. The van der Waals surface area contributed by atoms with Crippen molar-refractivity contribution in [2.24, 2.45) is 5.92 Å². The second-order valence-corrected chi connectivity index (χ2v) is 4.38. The first-order chi connectivity index (χ1) is 7.27. The topological polar surface area (TPSA) is 27.8 Å². The summed E-state index contributed by atoms with van der Waals surface area (Å²) in [5.41, 5.74) is 2.57. The van der Waals surface area contributed by atoms with Crippen molar-refractivity contribution in [2.45, 2.75) is 20.4 Å². The van der Waals surface area contributed by atoms with Crippen LogP contribution in [0, 0.1) is 5.92 Å². The SMILES string of the molecule is CC(C)CNCc1c[nH]c2ccccc12. The van der Waals surface area contributed by atoms with Crippen molar-refractivity contribution in [3.63, 3.8) is 0 Å². The fourth-order valence-electron chi connectivity index (χ4n) is 1.77. The van der Waals surface area contributed by atoms with E-state index in [0.717, 1.165) is 13.1 Å². The molecule has 1 aromatic carbocycles. The van der Waals surface area contributed by atoms with E-state index in [9.17, 15) is 0 Å². The summed E-state index contributed by atoms with van der Waals surface area (Å²) in [4.78, 5) is 3.29. The molecule has 0 bridgehead atoms. The van der Waals surface area contributed by atoms with E-state index >= 15 is 0 Å². The quantitative estimate of drug-likeness (QED) is 0.784. The lowest BCUT2D eigenvalue weighted by Crippen LogP contribution is -2.18. The Morgan fingerprint density at radius 2 is 2.07 bits per heavy atom. The largest absolute Gasteiger partial charge is 0.361 e. The maximum atomic E-state index is 3.46. The molecule has 2 aromatic rings. The Morgan fingerprint density at radius 3 is 2.87 bits per heavy atom. The molecule has 0 saturated heterocycles.